The second-order valence-electron chi connectivity index (χ2n) is 4.48. The van der Waals surface area contributed by atoms with E-state index in [0.29, 0.717) is 10.7 Å². The molecule has 2 heterocycles. The summed E-state index contributed by atoms with van der Waals surface area (Å²) in [6.45, 7) is 1.89. The number of nitrogens with one attached hydrogen (secondary N) is 1. The van der Waals surface area contributed by atoms with E-state index in [-0.39, 0.29) is 5.69 Å². The third-order valence-corrected chi connectivity index (χ3v) is 3.44. The minimum atomic E-state index is -1.05. The Balaban J connectivity index is 2.01. The lowest BCUT2D eigenvalue weighted by Crippen LogP contribution is -1.96. The van der Waals surface area contributed by atoms with Gasteiger partial charge in [-0.05, 0) is 25.1 Å². The molecule has 0 amide bonds. The maximum Gasteiger partial charge on any atom is 0.353 e. The van der Waals surface area contributed by atoms with Crippen molar-refractivity contribution in [2.75, 3.05) is 0 Å². The van der Waals surface area contributed by atoms with Crippen LogP contribution in [-0.2, 0) is 0 Å². The molecule has 0 saturated carbocycles. The lowest BCUT2D eigenvalue weighted by Gasteiger charge is -2.08. The number of imidazole rings is 1. The monoisotopic (exact) mass is 302 g/mol. The highest BCUT2D eigenvalue weighted by atomic mass is 35.5. The minimum absolute atomic E-state index is 0.0376. The Bertz CT molecular complexity index is 822. The number of halogens is 1. The summed E-state index contributed by atoms with van der Waals surface area (Å²) >= 11 is 6.31. The van der Waals surface area contributed by atoms with Crippen molar-refractivity contribution < 1.29 is 9.90 Å². The number of benzene rings is 1. The summed E-state index contributed by atoms with van der Waals surface area (Å²) in [6.07, 6.45) is 3.53. The fourth-order valence-corrected chi connectivity index (χ4v) is 2.34. The summed E-state index contributed by atoms with van der Waals surface area (Å²) in [5.74, 6) is -0.219. The van der Waals surface area contributed by atoms with E-state index < -0.39 is 5.97 Å². The second-order valence-corrected chi connectivity index (χ2v) is 4.89. The number of hydrogen-bond acceptors (Lipinski definition) is 3. The number of hydrogen-bond donors (Lipinski definition) is 2. The van der Waals surface area contributed by atoms with Crippen molar-refractivity contribution in [2.24, 2.45) is 0 Å². The van der Waals surface area contributed by atoms with E-state index in [0.717, 1.165) is 17.1 Å². The molecule has 0 radical (unpaired) electrons. The number of carboxylic acids is 1. The van der Waals surface area contributed by atoms with Crippen LogP contribution in [0.25, 0.3) is 16.9 Å². The van der Waals surface area contributed by atoms with Gasteiger partial charge in [-0.2, -0.15) is 5.10 Å². The van der Waals surface area contributed by atoms with Gasteiger partial charge in [-0.25, -0.2) is 9.78 Å². The van der Waals surface area contributed by atoms with Crippen LogP contribution in [0.1, 0.15) is 16.3 Å². The van der Waals surface area contributed by atoms with Crippen molar-refractivity contribution in [2.45, 2.75) is 6.92 Å². The standard InChI is InChI=1S/C14H11ClN4O2/c1-8-16-4-5-19(8)13-3-2-9(6-10(13)15)11-7-12(14(20)21)18-17-11/h2-7H,1H3,(H,17,18)(H,20,21). The van der Waals surface area contributed by atoms with Crippen molar-refractivity contribution in [3.63, 3.8) is 0 Å². The van der Waals surface area contributed by atoms with Gasteiger partial charge >= 0.3 is 5.97 Å². The van der Waals surface area contributed by atoms with Gasteiger partial charge in [-0.1, -0.05) is 17.7 Å². The van der Waals surface area contributed by atoms with Crippen molar-refractivity contribution in [1.82, 2.24) is 19.7 Å². The molecule has 3 aromatic rings. The molecule has 0 atom stereocenters. The third-order valence-electron chi connectivity index (χ3n) is 3.14. The van der Waals surface area contributed by atoms with Crippen molar-refractivity contribution in [1.29, 1.82) is 0 Å². The van der Waals surface area contributed by atoms with Crippen molar-refractivity contribution >= 4 is 17.6 Å². The van der Waals surface area contributed by atoms with Gasteiger partial charge in [-0.3, -0.25) is 5.10 Å². The molecule has 6 nitrogen and oxygen atoms in total. The fourth-order valence-electron chi connectivity index (χ4n) is 2.07. The number of aromatic nitrogens is 4. The van der Waals surface area contributed by atoms with Gasteiger partial charge in [0, 0.05) is 18.0 Å². The quantitative estimate of drug-likeness (QED) is 0.779. The summed E-state index contributed by atoms with van der Waals surface area (Å²) in [5.41, 5.74) is 2.12. The summed E-state index contributed by atoms with van der Waals surface area (Å²) in [7, 11) is 0. The number of rotatable bonds is 3. The normalized spacial score (nSPS) is 10.8. The molecule has 2 aromatic heterocycles. The number of aromatic amines is 1. The van der Waals surface area contributed by atoms with Gasteiger partial charge in [0.2, 0.25) is 0 Å². The lowest BCUT2D eigenvalue weighted by atomic mass is 10.1. The first kappa shape index (κ1) is 13.4. The molecule has 3 rings (SSSR count). The Morgan fingerprint density at radius 1 is 1.38 bits per heavy atom. The summed E-state index contributed by atoms with van der Waals surface area (Å²) < 4.78 is 1.87. The van der Waals surface area contributed by atoms with Crippen LogP contribution >= 0.6 is 11.6 Å². The zero-order chi connectivity index (χ0) is 15.0. The highest BCUT2D eigenvalue weighted by Crippen LogP contribution is 2.27. The maximum atomic E-state index is 10.9. The molecule has 0 aliphatic rings. The molecule has 0 aliphatic heterocycles. The highest BCUT2D eigenvalue weighted by Gasteiger charge is 2.12. The Morgan fingerprint density at radius 3 is 2.76 bits per heavy atom. The molecule has 0 saturated heterocycles. The number of carbonyl (C=O) groups is 1. The summed E-state index contributed by atoms with van der Waals surface area (Å²) in [4.78, 5) is 15.0. The van der Waals surface area contributed by atoms with E-state index in [1.165, 1.54) is 6.07 Å². The van der Waals surface area contributed by atoms with Gasteiger partial charge in [0.05, 0.1) is 16.4 Å². The molecule has 0 fully saturated rings. The van der Waals surface area contributed by atoms with E-state index >= 15 is 0 Å². The number of nitrogens with zero attached hydrogens (tertiary/aromatic N) is 3. The van der Waals surface area contributed by atoms with Crippen LogP contribution in [0.3, 0.4) is 0 Å². The molecule has 106 valence electrons. The molecule has 0 unspecified atom stereocenters. The van der Waals surface area contributed by atoms with E-state index in [9.17, 15) is 4.79 Å². The van der Waals surface area contributed by atoms with E-state index in [1.54, 1.807) is 12.3 Å². The van der Waals surface area contributed by atoms with Gasteiger partial charge in [0.25, 0.3) is 0 Å². The topological polar surface area (TPSA) is 83.8 Å². The third kappa shape index (κ3) is 2.41. The zero-order valence-electron chi connectivity index (χ0n) is 11.0. The smallest absolute Gasteiger partial charge is 0.353 e. The molecule has 21 heavy (non-hydrogen) atoms. The SMILES string of the molecule is Cc1nccn1-c1ccc(-c2cc(C(=O)O)[nH]n2)cc1Cl. The van der Waals surface area contributed by atoms with Gasteiger partial charge in [0.15, 0.2) is 0 Å². The average Bonchev–Trinajstić information content (AvgIpc) is 3.07. The van der Waals surface area contributed by atoms with Crippen LogP contribution in [0.4, 0.5) is 0 Å². The van der Waals surface area contributed by atoms with Crippen molar-refractivity contribution in [3.05, 3.63) is 53.2 Å². The molecule has 7 heteroatoms. The van der Waals surface area contributed by atoms with Crippen LogP contribution < -0.4 is 0 Å². The van der Waals surface area contributed by atoms with Gasteiger partial charge < -0.3 is 9.67 Å². The lowest BCUT2D eigenvalue weighted by molar-refractivity contribution is 0.0690. The zero-order valence-corrected chi connectivity index (χ0v) is 11.8. The first-order valence-electron chi connectivity index (χ1n) is 6.15. The largest absolute Gasteiger partial charge is 0.477 e. The first-order chi connectivity index (χ1) is 10.1. The Labute approximate surface area is 125 Å². The fraction of sp³-hybridized carbons (Fsp3) is 0.0714. The molecule has 0 spiro atoms. The number of aryl methyl sites for hydroxylation is 1. The maximum absolute atomic E-state index is 10.9. The number of aromatic carboxylic acids is 1. The minimum Gasteiger partial charge on any atom is -0.477 e. The van der Waals surface area contributed by atoms with E-state index in [1.807, 2.05) is 29.8 Å². The number of carboxylic acid groups (broad SMARTS) is 1. The predicted octanol–water partition coefficient (Wildman–Crippen LogP) is 2.92. The molecule has 0 aliphatic carbocycles. The molecule has 0 bridgehead atoms. The average molecular weight is 303 g/mol. The van der Waals surface area contributed by atoms with Gasteiger partial charge in [-0.15, -0.1) is 0 Å². The van der Waals surface area contributed by atoms with Crippen LogP contribution in [0.15, 0.2) is 36.7 Å². The number of H-pyrrole nitrogens is 1. The predicted molar refractivity (Wildman–Crippen MR) is 77.9 cm³/mol. The highest BCUT2D eigenvalue weighted by molar-refractivity contribution is 6.32. The molecule has 1 aromatic carbocycles. The second kappa shape index (κ2) is 5.06. The van der Waals surface area contributed by atoms with E-state index in [4.69, 9.17) is 16.7 Å². The van der Waals surface area contributed by atoms with Crippen LogP contribution in [0.5, 0.6) is 0 Å². The summed E-state index contributed by atoms with van der Waals surface area (Å²) in [5, 5.41) is 15.9. The molecule has 2 N–H and O–H groups in total. The Hall–Kier alpha value is -2.60. The summed E-state index contributed by atoms with van der Waals surface area (Å²) in [6, 6.07) is 6.90. The molecular formula is C14H11ClN4O2. The Kier molecular flexibility index (Phi) is 3.23. The van der Waals surface area contributed by atoms with E-state index in [2.05, 4.69) is 15.2 Å². The van der Waals surface area contributed by atoms with Crippen molar-refractivity contribution in [3.8, 4) is 16.9 Å². The molecular weight excluding hydrogens is 292 g/mol. The van der Waals surface area contributed by atoms with Crippen LogP contribution in [0.2, 0.25) is 5.02 Å². The van der Waals surface area contributed by atoms with Crippen LogP contribution in [0, 0.1) is 6.92 Å². The van der Waals surface area contributed by atoms with Gasteiger partial charge in [0.1, 0.15) is 11.5 Å². The Morgan fingerprint density at radius 2 is 2.19 bits per heavy atom. The van der Waals surface area contributed by atoms with Crippen LogP contribution in [-0.4, -0.2) is 30.8 Å². The first-order valence-corrected chi connectivity index (χ1v) is 6.53.